The maximum atomic E-state index is 6.49. The van der Waals surface area contributed by atoms with E-state index in [4.69, 9.17) is 4.42 Å². The van der Waals surface area contributed by atoms with Crippen LogP contribution in [-0.2, 0) is 0 Å². The second kappa shape index (κ2) is 10.8. The minimum atomic E-state index is 0.878. The van der Waals surface area contributed by atoms with Crippen LogP contribution in [-0.4, -0.2) is 9.13 Å². The molecule has 51 heavy (non-hydrogen) atoms. The second-order valence-corrected chi connectivity index (χ2v) is 13.3. The molecule has 0 fully saturated rings. The highest BCUT2D eigenvalue weighted by Gasteiger charge is 2.19. The number of benzene rings is 8. The standard InChI is InChI=1S/C48H30N2O/c1-3-12-31(13-4-1)33-22-25-45-40(28-33)39-19-11-18-36(32-14-5-2-6-15-32)48(39)50(45)35-24-27-47-42(30-35)41-29-34(23-26-46(41)51-47)49-43-20-9-7-16-37(43)38-17-8-10-21-44(38)49/h1-30H. The Morgan fingerprint density at radius 1 is 0.314 bits per heavy atom. The third-order valence-electron chi connectivity index (χ3n) is 10.5. The fourth-order valence-corrected chi connectivity index (χ4v) is 8.23. The lowest BCUT2D eigenvalue weighted by Crippen LogP contribution is -1.95. The molecule has 0 aliphatic carbocycles. The summed E-state index contributed by atoms with van der Waals surface area (Å²) in [6, 6.07) is 65.5. The number of para-hydroxylation sites is 3. The van der Waals surface area contributed by atoms with Crippen molar-refractivity contribution in [2.75, 3.05) is 0 Å². The van der Waals surface area contributed by atoms with Gasteiger partial charge in [-0.05, 0) is 77.4 Å². The van der Waals surface area contributed by atoms with E-state index < -0.39 is 0 Å². The van der Waals surface area contributed by atoms with E-state index in [9.17, 15) is 0 Å². The Morgan fingerprint density at radius 3 is 1.53 bits per heavy atom. The predicted octanol–water partition coefficient (Wildman–Crippen LogP) is 13.1. The maximum Gasteiger partial charge on any atom is 0.135 e. The third-order valence-corrected chi connectivity index (χ3v) is 10.5. The lowest BCUT2D eigenvalue weighted by molar-refractivity contribution is 0.669. The van der Waals surface area contributed by atoms with Crippen LogP contribution in [0, 0.1) is 0 Å². The van der Waals surface area contributed by atoms with E-state index in [-0.39, 0.29) is 0 Å². The summed E-state index contributed by atoms with van der Waals surface area (Å²) in [5.74, 6) is 0. The molecule has 8 aromatic carbocycles. The number of rotatable bonds is 4. The van der Waals surface area contributed by atoms with E-state index in [1.165, 1.54) is 65.9 Å². The predicted molar refractivity (Wildman–Crippen MR) is 213 cm³/mol. The van der Waals surface area contributed by atoms with Crippen molar-refractivity contribution in [1.29, 1.82) is 0 Å². The average molecular weight is 651 g/mol. The Labute approximate surface area is 293 Å². The Morgan fingerprint density at radius 2 is 0.863 bits per heavy atom. The Bertz CT molecular complexity index is 3070. The van der Waals surface area contributed by atoms with E-state index in [2.05, 4.69) is 191 Å². The summed E-state index contributed by atoms with van der Waals surface area (Å²) in [7, 11) is 0. The monoisotopic (exact) mass is 650 g/mol. The Balaban J connectivity index is 1.18. The summed E-state index contributed by atoms with van der Waals surface area (Å²) in [6.45, 7) is 0. The van der Waals surface area contributed by atoms with Gasteiger partial charge in [0, 0.05) is 49.3 Å². The zero-order valence-electron chi connectivity index (χ0n) is 27.6. The summed E-state index contributed by atoms with van der Waals surface area (Å²) in [4.78, 5) is 0. The minimum absolute atomic E-state index is 0.878. The van der Waals surface area contributed by atoms with Gasteiger partial charge >= 0.3 is 0 Å². The van der Waals surface area contributed by atoms with E-state index >= 15 is 0 Å². The average Bonchev–Trinajstić information content (AvgIpc) is 3.85. The second-order valence-electron chi connectivity index (χ2n) is 13.3. The van der Waals surface area contributed by atoms with Gasteiger partial charge in [0.1, 0.15) is 11.2 Å². The van der Waals surface area contributed by atoms with Gasteiger partial charge in [0.25, 0.3) is 0 Å². The van der Waals surface area contributed by atoms with E-state index in [1.54, 1.807) is 0 Å². The summed E-state index contributed by atoms with van der Waals surface area (Å²) in [5.41, 5.74) is 13.6. The van der Waals surface area contributed by atoms with Gasteiger partial charge in [0.2, 0.25) is 0 Å². The molecule has 11 rings (SSSR count). The number of hydrogen-bond acceptors (Lipinski definition) is 1. The van der Waals surface area contributed by atoms with Crippen molar-refractivity contribution < 1.29 is 4.42 Å². The van der Waals surface area contributed by atoms with Crippen molar-refractivity contribution in [1.82, 2.24) is 9.13 Å². The van der Waals surface area contributed by atoms with Crippen molar-refractivity contribution in [3.8, 4) is 33.6 Å². The fourth-order valence-electron chi connectivity index (χ4n) is 8.23. The molecule has 0 saturated heterocycles. The van der Waals surface area contributed by atoms with Gasteiger partial charge < -0.3 is 13.6 Å². The molecule has 3 nitrogen and oxygen atoms in total. The SMILES string of the molecule is c1ccc(-c2ccc3c(c2)c2cccc(-c4ccccc4)c2n3-c2ccc3oc4ccc(-n5c6ccccc6c6ccccc65)cc4c3c2)cc1. The molecule has 0 aliphatic rings. The van der Waals surface area contributed by atoms with E-state index in [1.807, 2.05) is 0 Å². The van der Waals surface area contributed by atoms with Crippen molar-refractivity contribution in [3.05, 3.63) is 182 Å². The summed E-state index contributed by atoms with van der Waals surface area (Å²) < 4.78 is 11.3. The van der Waals surface area contributed by atoms with Crippen molar-refractivity contribution in [2.45, 2.75) is 0 Å². The molecule has 0 atom stereocenters. The Hall–Kier alpha value is -6.84. The first-order valence-corrected chi connectivity index (χ1v) is 17.4. The third kappa shape index (κ3) is 4.19. The van der Waals surface area contributed by atoms with Crippen LogP contribution >= 0.6 is 0 Å². The van der Waals surface area contributed by atoms with Crippen LogP contribution in [0.5, 0.6) is 0 Å². The first-order chi connectivity index (χ1) is 25.3. The molecule has 3 heteroatoms. The molecule has 0 aliphatic heterocycles. The zero-order chi connectivity index (χ0) is 33.5. The highest BCUT2D eigenvalue weighted by molar-refractivity contribution is 6.15. The lowest BCUT2D eigenvalue weighted by atomic mass is 10.0. The maximum absolute atomic E-state index is 6.49. The summed E-state index contributed by atoms with van der Waals surface area (Å²) in [6.07, 6.45) is 0. The highest BCUT2D eigenvalue weighted by atomic mass is 16.3. The molecule has 11 aromatic rings. The first kappa shape index (κ1) is 28.0. The van der Waals surface area contributed by atoms with Crippen LogP contribution in [0.4, 0.5) is 0 Å². The van der Waals surface area contributed by atoms with Crippen LogP contribution in [0.25, 0.3) is 99.2 Å². The molecule has 0 spiro atoms. The Kier molecular flexibility index (Phi) is 5.96. The first-order valence-electron chi connectivity index (χ1n) is 17.4. The van der Waals surface area contributed by atoms with Gasteiger partial charge in [-0.15, -0.1) is 0 Å². The topological polar surface area (TPSA) is 23.0 Å². The van der Waals surface area contributed by atoms with Crippen molar-refractivity contribution >= 4 is 65.6 Å². The lowest BCUT2D eigenvalue weighted by Gasteiger charge is -2.12. The molecule has 0 amide bonds. The quantitative estimate of drug-likeness (QED) is 0.186. The summed E-state index contributed by atoms with van der Waals surface area (Å²) in [5, 5.41) is 7.16. The van der Waals surface area contributed by atoms with Gasteiger partial charge in [-0.1, -0.05) is 121 Å². The van der Waals surface area contributed by atoms with Crippen LogP contribution < -0.4 is 0 Å². The number of hydrogen-bond donors (Lipinski definition) is 0. The van der Waals surface area contributed by atoms with E-state index in [0.29, 0.717) is 0 Å². The van der Waals surface area contributed by atoms with Crippen molar-refractivity contribution in [2.24, 2.45) is 0 Å². The van der Waals surface area contributed by atoms with Gasteiger partial charge in [-0.25, -0.2) is 0 Å². The van der Waals surface area contributed by atoms with Crippen LogP contribution in [0.2, 0.25) is 0 Å². The van der Waals surface area contributed by atoms with Crippen LogP contribution in [0.3, 0.4) is 0 Å². The molecule has 0 unspecified atom stereocenters. The van der Waals surface area contributed by atoms with Gasteiger partial charge in [0.05, 0.1) is 22.1 Å². The zero-order valence-corrected chi connectivity index (χ0v) is 27.6. The van der Waals surface area contributed by atoms with Gasteiger partial charge in [0.15, 0.2) is 0 Å². The summed E-state index contributed by atoms with van der Waals surface area (Å²) >= 11 is 0. The number of nitrogens with zero attached hydrogens (tertiary/aromatic N) is 2. The van der Waals surface area contributed by atoms with Gasteiger partial charge in [-0.2, -0.15) is 0 Å². The smallest absolute Gasteiger partial charge is 0.135 e. The van der Waals surface area contributed by atoms with Crippen molar-refractivity contribution in [3.63, 3.8) is 0 Å². The normalized spacial score (nSPS) is 11.9. The van der Waals surface area contributed by atoms with Crippen LogP contribution in [0.1, 0.15) is 0 Å². The minimum Gasteiger partial charge on any atom is -0.456 e. The molecule has 0 saturated carbocycles. The van der Waals surface area contributed by atoms with Crippen LogP contribution in [0.15, 0.2) is 186 Å². The van der Waals surface area contributed by atoms with E-state index in [0.717, 1.165) is 33.3 Å². The molecular weight excluding hydrogens is 621 g/mol. The number of aromatic nitrogens is 2. The molecule has 3 aromatic heterocycles. The molecular formula is C48H30N2O. The molecule has 0 bridgehead atoms. The fraction of sp³-hybridized carbons (Fsp3) is 0. The molecule has 0 radical (unpaired) electrons. The number of furan rings is 1. The highest BCUT2D eigenvalue weighted by Crippen LogP contribution is 2.41. The number of fused-ring (bicyclic) bond motifs is 9. The van der Waals surface area contributed by atoms with Gasteiger partial charge in [-0.3, -0.25) is 0 Å². The molecule has 3 heterocycles. The molecule has 238 valence electrons. The molecule has 0 N–H and O–H groups in total. The largest absolute Gasteiger partial charge is 0.456 e.